The van der Waals surface area contributed by atoms with Crippen LogP contribution in [0.2, 0.25) is 0 Å². The number of nitrogens with zero attached hydrogens (tertiary/aromatic N) is 1. The number of aliphatic hydroxyl groups excluding tert-OH is 1. The highest BCUT2D eigenvalue weighted by Crippen LogP contribution is 2.29. The molecule has 0 aliphatic heterocycles. The molecule has 118 valence electrons. The average Bonchev–Trinajstić information content (AvgIpc) is 2.96. The Morgan fingerprint density at radius 3 is 2.74 bits per heavy atom. The van der Waals surface area contributed by atoms with E-state index in [2.05, 4.69) is 4.98 Å². The summed E-state index contributed by atoms with van der Waals surface area (Å²) >= 11 is 0. The number of aromatic nitrogens is 2. The van der Waals surface area contributed by atoms with Crippen LogP contribution in [-0.4, -0.2) is 20.6 Å². The lowest BCUT2D eigenvalue weighted by molar-refractivity contribution is 0.0996. The second-order valence-corrected chi connectivity index (χ2v) is 5.60. The second kappa shape index (κ2) is 5.40. The van der Waals surface area contributed by atoms with Gasteiger partial charge in [0.2, 0.25) is 0 Å². The summed E-state index contributed by atoms with van der Waals surface area (Å²) in [5.41, 5.74) is 8.00. The fourth-order valence-electron chi connectivity index (χ4n) is 2.66. The van der Waals surface area contributed by atoms with Gasteiger partial charge < -0.3 is 20.4 Å². The maximum atomic E-state index is 12.3. The van der Waals surface area contributed by atoms with Crippen LogP contribution in [-0.2, 0) is 7.05 Å². The van der Waals surface area contributed by atoms with Crippen LogP contribution in [0.1, 0.15) is 29.1 Å². The van der Waals surface area contributed by atoms with Gasteiger partial charge in [0.25, 0.3) is 11.5 Å². The van der Waals surface area contributed by atoms with E-state index in [9.17, 15) is 14.7 Å². The summed E-state index contributed by atoms with van der Waals surface area (Å²) in [6.07, 6.45) is 1.12. The average molecular weight is 311 g/mol. The van der Waals surface area contributed by atoms with Gasteiger partial charge in [0.05, 0.1) is 6.10 Å². The van der Waals surface area contributed by atoms with Gasteiger partial charge in [0.15, 0.2) is 0 Å². The number of rotatable bonds is 3. The number of pyridine rings is 1. The van der Waals surface area contributed by atoms with E-state index in [0.29, 0.717) is 10.9 Å². The van der Waals surface area contributed by atoms with Gasteiger partial charge in [0, 0.05) is 24.2 Å². The van der Waals surface area contributed by atoms with Crippen molar-refractivity contribution >= 4 is 16.8 Å². The lowest BCUT2D eigenvalue weighted by Gasteiger charge is -2.10. The van der Waals surface area contributed by atoms with Crippen LogP contribution in [0.5, 0.6) is 0 Å². The predicted octanol–water partition coefficient (Wildman–Crippen LogP) is 1.69. The molecule has 0 fully saturated rings. The number of primary amides is 1. The van der Waals surface area contributed by atoms with Crippen LogP contribution in [0.3, 0.4) is 0 Å². The number of nitrogens with two attached hydrogens (primary N) is 1. The van der Waals surface area contributed by atoms with Crippen molar-refractivity contribution in [3.05, 3.63) is 58.1 Å². The molecule has 2 heterocycles. The molecule has 6 nitrogen and oxygen atoms in total. The number of aliphatic hydroxyl groups is 1. The van der Waals surface area contributed by atoms with Gasteiger partial charge in [-0.2, -0.15) is 0 Å². The van der Waals surface area contributed by atoms with Gasteiger partial charge in [-0.15, -0.1) is 0 Å². The topological polar surface area (TPSA) is 101 Å². The summed E-state index contributed by atoms with van der Waals surface area (Å²) in [5.74, 6) is -0.619. The third-order valence-corrected chi connectivity index (χ3v) is 3.91. The molecule has 0 saturated heterocycles. The van der Waals surface area contributed by atoms with E-state index in [1.165, 1.54) is 4.57 Å². The fraction of sp³-hybridized carbons (Fsp3) is 0.176. The van der Waals surface area contributed by atoms with Crippen LogP contribution in [0.4, 0.5) is 0 Å². The number of hydrogen-bond acceptors (Lipinski definition) is 3. The third-order valence-electron chi connectivity index (χ3n) is 3.91. The van der Waals surface area contributed by atoms with E-state index in [0.717, 1.165) is 16.7 Å². The van der Waals surface area contributed by atoms with Crippen molar-refractivity contribution in [2.24, 2.45) is 12.8 Å². The van der Waals surface area contributed by atoms with Gasteiger partial charge in [-0.05, 0) is 30.2 Å². The van der Waals surface area contributed by atoms with E-state index in [-0.39, 0.29) is 11.3 Å². The fourth-order valence-corrected chi connectivity index (χ4v) is 2.66. The smallest absolute Gasteiger partial charge is 0.274 e. The molecule has 0 radical (unpaired) electrons. The Hall–Kier alpha value is -2.86. The van der Waals surface area contributed by atoms with Crippen molar-refractivity contribution in [2.45, 2.75) is 13.0 Å². The summed E-state index contributed by atoms with van der Waals surface area (Å²) in [4.78, 5) is 26.5. The number of carbonyl (C=O) groups is 1. The zero-order valence-electron chi connectivity index (χ0n) is 12.8. The van der Waals surface area contributed by atoms with E-state index in [1.54, 1.807) is 26.2 Å². The van der Waals surface area contributed by atoms with Crippen molar-refractivity contribution in [3.63, 3.8) is 0 Å². The van der Waals surface area contributed by atoms with Gasteiger partial charge in [-0.1, -0.05) is 18.2 Å². The summed E-state index contributed by atoms with van der Waals surface area (Å²) in [6.45, 7) is 1.69. The Kier molecular flexibility index (Phi) is 3.54. The first-order valence-corrected chi connectivity index (χ1v) is 7.19. The van der Waals surface area contributed by atoms with Crippen LogP contribution in [0.25, 0.3) is 22.0 Å². The maximum Gasteiger partial charge on any atom is 0.274 e. The summed E-state index contributed by atoms with van der Waals surface area (Å²) in [7, 11) is 1.65. The number of hydrogen-bond donors (Lipinski definition) is 3. The Morgan fingerprint density at radius 1 is 1.35 bits per heavy atom. The number of aromatic amines is 1. The lowest BCUT2D eigenvalue weighted by Crippen LogP contribution is -2.17. The molecule has 1 unspecified atom stereocenters. The number of amides is 1. The number of nitrogens with one attached hydrogen (secondary N) is 1. The number of benzene rings is 1. The highest BCUT2D eigenvalue weighted by Gasteiger charge is 2.15. The first kappa shape index (κ1) is 15.1. The van der Waals surface area contributed by atoms with Gasteiger partial charge in [0.1, 0.15) is 11.2 Å². The van der Waals surface area contributed by atoms with Crippen LogP contribution in [0, 0.1) is 0 Å². The van der Waals surface area contributed by atoms with Gasteiger partial charge in [-0.25, -0.2) is 0 Å². The lowest BCUT2D eigenvalue weighted by atomic mass is 10.00. The summed E-state index contributed by atoms with van der Waals surface area (Å²) in [6, 6.07) is 9.02. The zero-order chi connectivity index (χ0) is 16.7. The maximum absolute atomic E-state index is 12.3. The van der Waals surface area contributed by atoms with E-state index in [1.807, 2.05) is 24.3 Å². The molecule has 1 aromatic carbocycles. The molecule has 0 bridgehead atoms. The number of aryl methyl sites for hydroxylation is 1. The summed E-state index contributed by atoms with van der Waals surface area (Å²) < 4.78 is 1.45. The molecule has 0 spiro atoms. The van der Waals surface area contributed by atoms with Gasteiger partial charge in [-0.3, -0.25) is 9.59 Å². The molecule has 3 rings (SSSR count). The van der Waals surface area contributed by atoms with E-state index >= 15 is 0 Å². The van der Waals surface area contributed by atoms with Crippen molar-refractivity contribution in [2.75, 3.05) is 0 Å². The normalized spacial score (nSPS) is 12.5. The standard InChI is InChI=1S/C17H17N3O3/c1-9(21)10-4-3-5-11(6-10)13-8-20(2)17(23)15-12(13)7-14(19-15)16(18)22/h3-9,19,21H,1-2H3,(H2,18,22). The Morgan fingerprint density at radius 2 is 2.09 bits per heavy atom. The quantitative estimate of drug-likeness (QED) is 0.686. The Labute approximate surface area is 132 Å². The summed E-state index contributed by atoms with van der Waals surface area (Å²) in [5, 5.41) is 10.4. The molecule has 1 atom stereocenters. The van der Waals surface area contributed by atoms with Crippen molar-refractivity contribution in [1.29, 1.82) is 0 Å². The Bertz CT molecular complexity index is 967. The molecular weight excluding hydrogens is 294 g/mol. The third kappa shape index (κ3) is 2.53. The predicted molar refractivity (Wildman–Crippen MR) is 88.1 cm³/mol. The molecule has 0 saturated carbocycles. The SMILES string of the molecule is CC(O)c1cccc(-c2cn(C)c(=O)c3[nH]c(C(N)=O)cc23)c1. The van der Waals surface area contributed by atoms with Crippen LogP contribution in [0.15, 0.2) is 41.3 Å². The number of H-pyrrole nitrogens is 1. The minimum Gasteiger partial charge on any atom is -0.389 e. The highest BCUT2D eigenvalue weighted by atomic mass is 16.3. The molecule has 2 aromatic heterocycles. The van der Waals surface area contributed by atoms with Crippen LogP contribution < -0.4 is 11.3 Å². The minimum atomic E-state index is -0.619. The molecule has 3 aromatic rings. The van der Waals surface area contributed by atoms with Crippen molar-refractivity contribution in [1.82, 2.24) is 9.55 Å². The molecule has 6 heteroatoms. The molecular formula is C17H17N3O3. The first-order chi connectivity index (χ1) is 10.9. The molecule has 23 heavy (non-hydrogen) atoms. The molecule has 0 aliphatic rings. The number of fused-ring (bicyclic) bond motifs is 1. The number of carbonyl (C=O) groups excluding carboxylic acids is 1. The van der Waals surface area contributed by atoms with Crippen LogP contribution >= 0.6 is 0 Å². The minimum absolute atomic E-state index is 0.191. The monoisotopic (exact) mass is 311 g/mol. The molecule has 4 N–H and O–H groups in total. The molecule has 0 aliphatic carbocycles. The van der Waals surface area contributed by atoms with Crippen molar-refractivity contribution < 1.29 is 9.90 Å². The van der Waals surface area contributed by atoms with E-state index < -0.39 is 12.0 Å². The Balaban J connectivity index is 2.33. The second-order valence-electron chi connectivity index (χ2n) is 5.60. The highest BCUT2D eigenvalue weighted by molar-refractivity contribution is 6.01. The molecule has 1 amide bonds. The zero-order valence-corrected chi connectivity index (χ0v) is 12.8. The van der Waals surface area contributed by atoms with E-state index in [4.69, 9.17) is 5.73 Å². The largest absolute Gasteiger partial charge is 0.389 e. The first-order valence-electron chi connectivity index (χ1n) is 7.19. The van der Waals surface area contributed by atoms with Gasteiger partial charge >= 0.3 is 0 Å². The van der Waals surface area contributed by atoms with Crippen molar-refractivity contribution in [3.8, 4) is 11.1 Å².